The third-order valence-corrected chi connectivity index (χ3v) is 4.76. The monoisotopic (exact) mass is 331 g/mol. The van der Waals surface area contributed by atoms with Crippen molar-refractivity contribution in [3.8, 4) is 0 Å². The molecule has 0 aromatic heterocycles. The van der Waals surface area contributed by atoms with E-state index in [9.17, 15) is 13.2 Å². The van der Waals surface area contributed by atoms with Crippen LogP contribution in [0.3, 0.4) is 0 Å². The van der Waals surface area contributed by atoms with Crippen molar-refractivity contribution in [3.05, 3.63) is 29.8 Å². The lowest BCUT2D eigenvalue weighted by Crippen LogP contribution is -2.39. The maximum absolute atomic E-state index is 11.8. The molecule has 1 N–H and O–H groups in total. The van der Waals surface area contributed by atoms with Gasteiger partial charge < -0.3 is 10.1 Å². The summed E-state index contributed by atoms with van der Waals surface area (Å²) in [6.07, 6.45) is 3.10. The maximum Gasteiger partial charge on any atom is 0.261 e. The first-order valence-corrected chi connectivity index (χ1v) is 9.21. The molecule has 0 saturated carbocycles. The van der Waals surface area contributed by atoms with Gasteiger partial charge >= 0.3 is 0 Å². The normalized spacial score (nSPS) is 19.2. The Morgan fingerprint density at radius 3 is 2.57 bits per heavy atom. The molecule has 0 radical (unpaired) electrons. The van der Waals surface area contributed by atoms with Crippen LogP contribution < -0.4 is 5.32 Å². The summed E-state index contributed by atoms with van der Waals surface area (Å²) in [6.45, 7) is 1.14. The molecule has 0 bridgehead atoms. The van der Waals surface area contributed by atoms with Crippen LogP contribution in [0.1, 0.15) is 24.8 Å². The summed E-state index contributed by atoms with van der Waals surface area (Å²) in [5.41, 5.74) is 0.934. The van der Waals surface area contributed by atoms with Gasteiger partial charge in [-0.25, -0.2) is 8.42 Å². The fraction of sp³-hybridized carbons (Fsp3) is 0.500. The summed E-state index contributed by atoms with van der Waals surface area (Å²) >= 11 is 0. The summed E-state index contributed by atoms with van der Waals surface area (Å²) in [7, 11) is 1.56. The van der Waals surface area contributed by atoms with Gasteiger partial charge in [-0.15, -0.1) is 0 Å². The Bertz CT molecular complexity index is 579. The molecule has 0 spiro atoms. The van der Waals surface area contributed by atoms with Crippen LogP contribution in [-0.4, -0.2) is 33.6 Å². The average Bonchev–Trinajstić information content (AvgIpc) is 2.47. The van der Waals surface area contributed by atoms with Gasteiger partial charge in [0.05, 0.1) is 4.90 Å². The van der Waals surface area contributed by atoms with Crippen LogP contribution in [0.25, 0.3) is 0 Å². The highest BCUT2D eigenvalue weighted by atomic mass is 35.7. The van der Waals surface area contributed by atoms with Crippen molar-refractivity contribution in [3.63, 3.8) is 0 Å². The minimum atomic E-state index is -3.68. The zero-order valence-electron chi connectivity index (χ0n) is 11.5. The number of carbonyl (C=O) groups excluding carboxylic acids is 1. The van der Waals surface area contributed by atoms with Gasteiger partial charge in [-0.3, -0.25) is 4.79 Å². The van der Waals surface area contributed by atoms with Crippen molar-refractivity contribution in [1.82, 2.24) is 5.32 Å². The number of halogens is 1. The molecule has 1 aromatic rings. The standard InChI is InChI=1S/C14H18ClNO4S/c15-21(18,19)12-6-4-11(5-7-12)8-9-16-14(17)13-3-1-2-10-20-13/h4-7,13H,1-3,8-10H2,(H,16,17). The molecule has 1 aliphatic heterocycles. The van der Waals surface area contributed by atoms with Gasteiger partial charge in [0.15, 0.2) is 0 Å². The minimum Gasteiger partial charge on any atom is -0.368 e. The Labute approximate surface area is 129 Å². The Morgan fingerprint density at radius 1 is 1.29 bits per heavy atom. The molecule has 1 aliphatic rings. The van der Waals surface area contributed by atoms with Gasteiger partial charge in [0, 0.05) is 23.8 Å². The van der Waals surface area contributed by atoms with E-state index in [1.54, 1.807) is 12.1 Å². The highest BCUT2D eigenvalue weighted by Gasteiger charge is 2.21. The molecule has 1 saturated heterocycles. The summed E-state index contributed by atoms with van der Waals surface area (Å²) in [5.74, 6) is -0.0744. The third-order valence-electron chi connectivity index (χ3n) is 3.39. The Morgan fingerprint density at radius 2 is 2.00 bits per heavy atom. The lowest BCUT2D eigenvalue weighted by Gasteiger charge is -2.21. The molecule has 1 amide bonds. The van der Waals surface area contributed by atoms with E-state index in [2.05, 4.69) is 5.32 Å². The van der Waals surface area contributed by atoms with E-state index in [1.807, 2.05) is 0 Å². The van der Waals surface area contributed by atoms with Crippen LogP contribution in [0, 0.1) is 0 Å². The van der Waals surface area contributed by atoms with Gasteiger partial charge in [-0.1, -0.05) is 12.1 Å². The topological polar surface area (TPSA) is 72.5 Å². The van der Waals surface area contributed by atoms with Crippen LogP contribution in [0.15, 0.2) is 29.2 Å². The Hall–Kier alpha value is -1.11. The zero-order chi connectivity index (χ0) is 15.3. The maximum atomic E-state index is 11.8. The molecule has 0 aliphatic carbocycles. The van der Waals surface area contributed by atoms with Crippen molar-refractivity contribution in [2.75, 3.05) is 13.2 Å². The number of benzene rings is 1. The molecule has 1 atom stereocenters. The Balaban J connectivity index is 1.79. The molecule has 1 heterocycles. The fourth-order valence-electron chi connectivity index (χ4n) is 2.21. The second-order valence-corrected chi connectivity index (χ2v) is 7.54. The average molecular weight is 332 g/mol. The van der Waals surface area contributed by atoms with E-state index < -0.39 is 9.05 Å². The fourth-order valence-corrected chi connectivity index (χ4v) is 2.98. The van der Waals surface area contributed by atoms with Gasteiger partial charge in [0.25, 0.3) is 9.05 Å². The van der Waals surface area contributed by atoms with Crippen LogP contribution in [-0.2, 0) is 25.0 Å². The van der Waals surface area contributed by atoms with E-state index in [1.165, 1.54) is 12.1 Å². The van der Waals surface area contributed by atoms with Crippen LogP contribution in [0.4, 0.5) is 0 Å². The quantitative estimate of drug-likeness (QED) is 0.836. The molecule has 2 rings (SSSR count). The number of nitrogens with one attached hydrogen (secondary N) is 1. The number of amides is 1. The number of hydrogen-bond donors (Lipinski definition) is 1. The van der Waals surface area contributed by atoms with Gasteiger partial charge in [-0.2, -0.15) is 0 Å². The number of ether oxygens (including phenoxy) is 1. The van der Waals surface area contributed by atoms with Crippen LogP contribution in [0.5, 0.6) is 0 Å². The first-order valence-electron chi connectivity index (χ1n) is 6.90. The van der Waals surface area contributed by atoms with Crippen molar-refractivity contribution in [1.29, 1.82) is 0 Å². The Kier molecular flexibility index (Phi) is 5.61. The van der Waals surface area contributed by atoms with Crippen LogP contribution in [0.2, 0.25) is 0 Å². The van der Waals surface area contributed by atoms with Crippen molar-refractivity contribution < 1.29 is 17.9 Å². The van der Waals surface area contributed by atoms with E-state index in [0.29, 0.717) is 19.6 Å². The molecular formula is C14H18ClNO4S. The zero-order valence-corrected chi connectivity index (χ0v) is 13.1. The molecular weight excluding hydrogens is 314 g/mol. The first-order chi connectivity index (χ1) is 9.97. The first kappa shape index (κ1) is 16.3. The lowest BCUT2D eigenvalue weighted by molar-refractivity contribution is -0.135. The molecule has 1 aromatic carbocycles. The van der Waals surface area contributed by atoms with Crippen molar-refractivity contribution >= 4 is 25.6 Å². The summed E-state index contributed by atoms with van der Waals surface area (Å²) in [6, 6.07) is 6.31. The smallest absolute Gasteiger partial charge is 0.261 e. The minimum absolute atomic E-state index is 0.0744. The molecule has 7 heteroatoms. The van der Waals surface area contributed by atoms with E-state index in [4.69, 9.17) is 15.4 Å². The van der Waals surface area contributed by atoms with E-state index in [0.717, 1.165) is 24.8 Å². The van der Waals surface area contributed by atoms with E-state index >= 15 is 0 Å². The molecule has 5 nitrogen and oxygen atoms in total. The lowest BCUT2D eigenvalue weighted by atomic mass is 10.1. The predicted octanol–water partition coefficient (Wildman–Crippen LogP) is 1.84. The van der Waals surface area contributed by atoms with Gasteiger partial charge in [0.2, 0.25) is 5.91 Å². The summed E-state index contributed by atoms with van der Waals surface area (Å²) in [4.78, 5) is 11.9. The van der Waals surface area contributed by atoms with E-state index in [-0.39, 0.29) is 16.9 Å². The second kappa shape index (κ2) is 7.24. The highest BCUT2D eigenvalue weighted by molar-refractivity contribution is 8.13. The highest BCUT2D eigenvalue weighted by Crippen LogP contribution is 2.15. The van der Waals surface area contributed by atoms with Gasteiger partial charge in [0.1, 0.15) is 6.10 Å². The molecule has 1 fully saturated rings. The summed E-state index contributed by atoms with van der Waals surface area (Å²) < 4.78 is 27.6. The van der Waals surface area contributed by atoms with Gasteiger partial charge in [-0.05, 0) is 43.4 Å². The molecule has 1 unspecified atom stereocenters. The third kappa shape index (κ3) is 4.98. The second-order valence-electron chi connectivity index (χ2n) is 4.98. The number of hydrogen-bond acceptors (Lipinski definition) is 4. The number of carbonyl (C=O) groups is 1. The van der Waals surface area contributed by atoms with Crippen molar-refractivity contribution in [2.24, 2.45) is 0 Å². The molecule has 116 valence electrons. The van der Waals surface area contributed by atoms with Crippen molar-refractivity contribution in [2.45, 2.75) is 36.7 Å². The predicted molar refractivity (Wildman–Crippen MR) is 79.8 cm³/mol. The SMILES string of the molecule is O=C(NCCc1ccc(S(=O)(=O)Cl)cc1)C1CCCCO1. The largest absolute Gasteiger partial charge is 0.368 e. The van der Waals surface area contributed by atoms with Crippen LogP contribution >= 0.6 is 10.7 Å². The summed E-state index contributed by atoms with van der Waals surface area (Å²) in [5, 5.41) is 2.84. The number of rotatable bonds is 5. The molecule has 21 heavy (non-hydrogen) atoms.